The van der Waals surface area contributed by atoms with Gasteiger partial charge < -0.3 is 5.32 Å². The summed E-state index contributed by atoms with van der Waals surface area (Å²) in [6.07, 6.45) is 2.26. The average Bonchev–Trinajstić information content (AvgIpc) is 2.38. The van der Waals surface area contributed by atoms with E-state index in [0.717, 1.165) is 16.7 Å². The van der Waals surface area contributed by atoms with Gasteiger partial charge in [0.15, 0.2) is 0 Å². The summed E-state index contributed by atoms with van der Waals surface area (Å²) in [6, 6.07) is 0. The second kappa shape index (κ2) is 6.27. The Morgan fingerprint density at radius 1 is 1.47 bits per heavy atom. The molecule has 0 radical (unpaired) electrons. The molecule has 1 aromatic rings. The number of hydrogen-bond donors (Lipinski definition) is 1. The van der Waals surface area contributed by atoms with Crippen LogP contribution in [0, 0.1) is 5.92 Å². The third kappa shape index (κ3) is 3.85. The molecule has 106 valence electrons. The van der Waals surface area contributed by atoms with Crippen molar-refractivity contribution in [2.24, 2.45) is 5.92 Å². The number of rotatable bonds is 5. The SMILES string of the molecule is CNC(=O)C(C)CN(C)S(=O)(=O)c1cnc(Cl)nc1. The number of hydrogen-bond acceptors (Lipinski definition) is 5. The fourth-order valence-electron chi connectivity index (χ4n) is 1.43. The zero-order valence-corrected chi connectivity index (χ0v) is 12.4. The molecule has 1 atom stereocenters. The fourth-order valence-corrected chi connectivity index (χ4v) is 2.68. The first-order valence-corrected chi connectivity index (χ1v) is 7.26. The van der Waals surface area contributed by atoms with Gasteiger partial charge in [0.2, 0.25) is 21.2 Å². The molecule has 1 unspecified atom stereocenters. The zero-order valence-electron chi connectivity index (χ0n) is 10.8. The second-order valence-corrected chi connectivity index (χ2v) is 6.37. The summed E-state index contributed by atoms with van der Waals surface area (Å²) in [4.78, 5) is 18.6. The van der Waals surface area contributed by atoms with Crippen LogP contribution >= 0.6 is 11.6 Å². The molecule has 0 aliphatic rings. The van der Waals surface area contributed by atoms with Gasteiger partial charge in [-0.3, -0.25) is 4.79 Å². The van der Waals surface area contributed by atoms with E-state index in [0.29, 0.717) is 0 Å². The highest BCUT2D eigenvalue weighted by atomic mass is 35.5. The van der Waals surface area contributed by atoms with E-state index >= 15 is 0 Å². The van der Waals surface area contributed by atoms with E-state index in [2.05, 4.69) is 15.3 Å². The van der Waals surface area contributed by atoms with Crippen molar-refractivity contribution in [3.63, 3.8) is 0 Å². The van der Waals surface area contributed by atoms with E-state index in [1.165, 1.54) is 14.1 Å². The minimum atomic E-state index is -3.72. The highest BCUT2D eigenvalue weighted by Crippen LogP contribution is 2.14. The first-order chi connectivity index (χ1) is 8.78. The van der Waals surface area contributed by atoms with Gasteiger partial charge in [-0.05, 0) is 11.6 Å². The molecule has 1 amide bonds. The highest BCUT2D eigenvalue weighted by Gasteiger charge is 2.25. The van der Waals surface area contributed by atoms with Crippen molar-refractivity contribution in [3.05, 3.63) is 17.7 Å². The third-order valence-corrected chi connectivity index (χ3v) is 4.50. The quantitative estimate of drug-likeness (QED) is 0.781. The zero-order chi connectivity index (χ0) is 14.6. The van der Waals surface area contributed by atoms with Crippen molar-refractivity contribution in [2.75, 3.05) is 20.6 Å². The van der Waals surface area contributed by atoms with Crippen LogP contribution in [0.3, 0.4) is 0 Å². The van der Waals surface area contributed by atoms with Crippen LogP contribution in [0.1, 0.15) is 6.92 Å². The van der Waals surface area contributed by atoms with Gasteiger partial charge in [0.05, 0.1) is 12.4 Å². The van der Waals surface area contributed by atoms with E-state index < -0.39 is 15.9 Å². The predicted molar refractivity (Wildman–Crippen MR) is 70.1 cm³/mol. The topological polar surface area (TPSA) is 92.3 Å². The number of carbonyl (C=O) groups excluding carboxylic acids is 1. The summed E-state index contributed by atoms with van der Waals surface area (Å²) in [5.74, 6) is -0.688. The maximum absolute atomic E-state index is 12.2. The lowest BCUT2D eigenvalue weighted by Gasteiger charge is -2.20. The first-order valence-electron chi connectivity index (χ1n) is 5.44. The van der Waals surface area contributed by atoms with E-state index in [1.807, 2.05) is 0 Å². The summed E-state index contributed by atoms with van der Waals surface area (Å²) in [5.41, 5.74) is 0. The van der Waals surface area contributed by atoms with Gasteiger partial charge in [0.25, 0.3) is 0 Å². The van der Waals surface area contributed by atoms with Gasteiger partial charge in [-0.15, -0.1) is 0 Å². The van der Waals surface area contributed by atoms with E-state index in [1.54, 1.807) is 6.92 Å². The minimum Gasteiger partial charge on any atom is -0.359 e. The number of carbonyl (C=O) groups is 1. The van der Waals surface area contributed by atoms with Gasteiger partial charge in [-0.1, -0.05) is 6.92 Å². The summed E-state index contributed by atoms with van der Waals surface area (Å²) in [6.45, 7) is 1.70. The Balaban J connectivity index is 2.88. The molecule has 0 aliphatic heterocycles. The summed E-state index contributed by atoms with van der Waals surface area (Å²) in [5, 5.41) is 2.44. The molecule has 0 aliphatic carbocycles. The highest BCUT2D eigenvalue weighted by molar-refractivity contribution is 7.89. The number of nitrogens with one attached hydrogen (secondary N) is 1. The van der Waals surface area contributed by atoms with Crippen LogP contribution in [0.15, 0.2) is 17.3 Å². The Labute approximate surface area is 117 Å². The van der Waals surface area contributed by atoms with Gasteiger partial charge in [-0.25, -0.2) is 22.7 Å². The van der Waals surface area contributed by atoms with Crippen molar-refractivity contribution >= 4 is 27.5 Å². The Hall–Kier alpha value is -1.25. The normalized spacial score (nSPS) is 13.3. The number of aromatic nitrogens is 2. The minimum absolute atomic E-state index is 0.0275. The van der Waals surface area contributed by atoms with Crippen LogP contribution in [-0.2, 0) is 14.8 Å². The van der Waals surface area contributed by atoms with Crippen LogP contribution in [0.4, 0.5) is 0 Å². The largest absolute Gasteiger partial charge is 0.359 e. The van der Waals surface area contributed by atoms with Gasteiger partial charge in [0.1, 0.15) is 4.90 Å². The Kier molecular flexibility index (Phi) is 5.21. The summed E-state index contributed by atoms with van der Waals surface area (Å²) in [7, 11) is -0.830. The van der Waals surface area contributed by atoms with Crippen LogP contribution in [0.5, 0.6) is 0 Å². The van der Waals surface area contributed by atoms with Crippen molar-refractivity contribution in [2.45, 2.75) is 11.8 Å². The summed E-state index contributed by atoms with van der Waals surface area (Å²) < 4.78 is 25.4. The standard InChI is InChI=1S/C10H15ClN4O3S/c1-7(9(16)12-2)6-15(3)19(17,18)8-4-13-10(11)14-5-8/h4-5,7H,6H2,1-3H3,(H,12,16). The molecule has 1 aromatic heterocycles. The molecule has 0 bridgehead atoms. The first kappa shape index (κ1) is 15.8. The molecule has 9 heteroatoms. The van der Waals surface area contributed by atoms with Gasteiger partial charge >= 0.3 is 0 Å². The number of halogens is 1. The van der Waals surface area contributed by atoms with Gasteiger partial charge in [-0.2, -0.15) is 0 Å². The third-order valence-electron chi connectivity index (χ3n) is 2.53. The van der Waals surface area contributed by atoms with Crippen LogP contribution in [0.2, 0.25) is 5.28 Å². The molecular formula is C10H15ClN4O3S. The van der Waals surface area contributed by atoms with Crippen LogP contribution in [0.25, 0.3) is 0 Å². The maximum atomic E-state index is 12.2. The second-order valence-electron chi connectivity index (χ2n) is 3.99. The predicted octanol–water partition coefficient (Wildman–Crippen LogP) is 0.133. The molecule has 0 saturated heterocycles. The number of nitrogens with zero attached hydrogens (tertiary/aromatic N) is 3. The smallest absolute Gasteiger partial charge is 0.245 e. The molecule has 1 N–H and O–H groups in total. The molecule has 0 spiro atoms. The lowest BCUT2D eigenvalue weighted by molar-refractivity contribution is -0.124. The van der Waals surface area contributed by atoms with Gasteiger partial charge in [0, 0.05) is 26.6 Å². The van der Waals surface area contributed by atoms with E-state index in [9.17, 15) is 13.2 Å². The monoisotopic (exact) mass is 306 g/mol. The lowest BCUT2D eigenvalue weighted by atomic mass is 10.2. The Morgan fingerprint density at radius 2 is 2.00 bits per heavy atom. The van der Waals surface area contributed by atoms with Crippen LogP contribution in [-0.4, -0.2) is 49.2 Å². The summed E-state index contributed by atoms with van der Waals surface area (Å²) >= 11 is 5.50. The van der Waals surface area contributed by atoms with Crippen LogP contribution < -0.4 is 5.32 Å². The lowest BCUT2D eigenvalue weighted by Crippen LogP contribution is -2.37. The number of sulfonamides is 1. The average molecular weight is 307 g/mol. The maximum Gasteiger partial charge on any atom is 0.245 e. The Morgan fingerprint density at radius 3 is 2.47 bits per heavy atom. The molecular weight excluding hydrogens is 292 g/mol. The van der Waals surface area contributed by atoms with Crippen molar-refractivity contribution in [1.29, 1.82) is 0 Å². The van der Waals surface area contributed by atoms with Crippen molar-refractivity contribution < 1.29 is 13.2 Å². The molecule has 1 rings (SSSR count). The van der Waals surface area contributed by atoms with Crippen molar-refractivity contribution in [1.82, 2.24) is 19.6 Å². The molecule has 1 heterocycles. The molecule has 0 saturated carbocycles. The molecule has 0 aromatic carbocycles. The van der Waals surface area contributed by atoms with Crippen molar-refractivity contribution in [3.8, 4) is 0 Å². The van der Waals surface area contributed by atoms with E-state index in [4.69, 9.17) is 11.6 Å². The molecule has 19 heavy (non-hydrogen) atoms. The molecule has 7 nitrogen and oxygen atoms in total. The fraction of sp³-hybridized carbons (Fsp3) is 0.500. The van der Waals surface area contributed by atoms with E-state index in [-0.39, 0.29) is 22.6 Å². The Bertz CT molecular complexity index is 546. The number of amides is 1. The molecule has 0 fully saturated rings.